The van der Waals surface area contributed by atoms with Gasteiger partial charge in [0.05, 0.1) is 22.4 Å². The van der Waals surface area contributed by atoms with Gasteiger partial charge in [0.1, 0.15) is 11.2 Å². The molecule has 1 heterocycles. The minimum Gasteiger partial charge on any atom is -0.456 e. The lowest BCUT2D eigenvalue weighted by molar-refractivity contribution is 0.669. The highest BCUT2D eigenvalue weighted by molar-refractivity contribution is 6.14. The number of fused-ring (bicyclic) bond motifs is 6. The molecule has 0 bridgehead atoms. The first-order chi connectivity index (χ1) is 20.2. The van der Waals surface area contributed by atoms with Crippen molar-refractivity contribution in [3.05, 3.63) is 150 Å². The molecule has 1 aliphatic rings. The topological polar surface area (TPSA) is 16.4 Å². The van der Waals surface area contributed by atoms with Crippen molar-refractivity contribution in [3.63, 3.8) is 0 Å². The quantitative estimate of drug-likeness (QED) is 0.226. The Hall–Kier alpha value is -5.08. The van der Waals surface area contributed by atoms with Crippen LogP contribution in [-0.2, 0) is 6.42 Å². The summed E-state index contributed by atoms with van der Waals surface area (Å²) >= 11 is 0. The molecule has 0 spiro atoms. The van der Waals surface area contributed by atoms with Gasteiger partial charge in [-0.2, -0.15) is 0 Å². The molecule has 0 saturated carbocycles. The molecule has 0 unspecified atom stereocenters. The van der Waals surface area contributed by atoms with Gasteiger partial charge >= 0.3 is 0 Å². The molecule has 1 aliphatic carbocycles. The maximum atomic E-state index is 6.40. The summed E-state index contributed by atoms with van der Waals surface area (Å²) in [6.45, 7) is 4.52. The van der Waals surface area contributed by atoms with Crippen LogP contribution in [0.25, 0.3) is 44.2 Å². The van der Waals surface area contributed by atoms with E-state index in [1.807, 2.05) is 6.07 Å². The Morgan fingerprint density at radius 2 is 1.27 bits per heavy atom. The zero-order chi connectivity index (χ0) is 27.5. The maximum absolute atomic E-state index is 6.40. The lowest BCUT2D eigenvalue weighted by atomic mass is 9.93. The Bertz CT molecular complexity index is 2100. The van der Waals surface area contributed by atoms with Crippen LogP contribution in [0, 0.1) is 13.8 Å². The van der Waals surface area contributed by atoms with E-state index in [4.69, 9.17) is 4.42 Å². The number of nitrogens with zero attached hydrogens (tertiary/aromatic N) is 1. The molecule has 2 nitrogen and oxygen atoms in total. The standard InChI is InChI=1S/C39H29NO/c1-25-23-32-29-16-7-6-15-28(29)24-33(32)39(26(25)2)40(34-19-10-8-17-30(34)27-13-4-3-5-14-27)35-20-12-22-37-38(35)31-18-9-11-21-36(31)41-37/h3-23H,24H2,1-2H3. The third-order valence-corrected chi connectivity index (χ3v) is 8.67. The molecule has 0 aliphatic heterocycles. The van der Waals surface area contributed by atoms with Crippen molar-refractivity contribution in [1.82, 2.24) is 0 Å². The van der Waals surface area contributed by atoms with Crippen LogP contribution in [0.4, 0.5) is 17.1 Å². The Balaban J connectivity index is 1.51. The number of hydrogen-bond acceptors (Lipinski definition) is 2. The van der Waals surface area contributed by atoms with E-state index < -0.39 is 0 Å². The average molecular weight is 528 g/mol. The summed E-state index contributed by atoms with van der Waals surface area (Å²) in [5.41, 5.74) is 15.8. The summed E-state index contributed by atoms with van der Waals surface area (Å²) in [6.07, 6.45) is 0.911. The van der Waals surface area contributed by atoms with E-state index in [1.54, 1.807) is 0 Å². The third-order valence-electron chi connectivity index (χ3n) is 8.67. The van der Waals surface area contributed by atoms with Gasteiger partial charge in [0.15, 0.2) is 0 Å². The van der Waals surface area contributed by atoms with Crippen LogP contribution < -0.4 is 4.90 Å². The molecule has 0 amide bonds. The number of aryl methyl sites for hydroxylation is 1. The van der Waals surface area contributed by atoms with E-state index in [1.165, 1.54) is 50.2 Å². The fourth-order valence-electron chi connectivity index (χ4n) is 6.65. The molecule has 0 radical (unpaired) electrons. The van der Waals surface area contributed by atoms with Crippen molar-refractivity contribution in [3.8, 4) is 22.3 Å². The number of benzene rings is 6. The van der Waals surface area contributed by atoms with Gasteiger partial charge in [-0.15, -0.1) is 0 Å². The second-order valence-electron chi connectivity index (χ2n) is 11.0. The average Bonchev–Trinajstić information content (AvgIpc) is 3.58. The van der Waals surface area contributed by atoms with Crippen molar-refractivity contribution in [2.45, 2.75) is 20.3 Å². The lowest BCUT2D eigenvalue weighted by Crippen LogP contribution is -2.15. The number of furan rings is 1. The van der Waals surface area contributed by atoms with Gasteiger partial charge in [-0.05, 0) is 77.1 Å². The second-order valence-corrected chi connectivity index (χ2v) is 11.0. The summed E-state index contributed by atoms with van der Waals surface area (Å²) in [7, 11) is 0. The first kappa shape index (κ1) is 23.8. The number of rotatable bonds is 4. The van der Waals surface area contributed by atoms with Crippen molar-refractivity contribution in [2.75, 3.05) is 4.90 Å². The Kier molecular flexibility index (Phi) is 5.36. The fraction of sp³-hybridized carbons (Fsp3) is 0.0769. The predicted molar refractivity (Wildman–Crippen MR) is 172 cm³/mol. The van der Waals surface area contributed by atoms with Gasteiger partial charge in [-0.1, -0.05) is 103 Å². The van der Waals surface area contributed by atoms with Crippen LogP contribution in [0.2, 0.25) is 0 Å². The van der Waals surface area contributed by atoms with Crippen LogP contribution in [0.1, 0.15) is 22.3 Å². The molecule has 6 aromatic carbocycles. The van der Waals surface area contributed by atoms with E-state index >= 15 is 0 Å². The Labute approximate surface area is 240 Å². The molecule has 8 rings (SSSR count). The number of para-hydroxylation sites is 2. The van der Waals surface area contributed by atoms with E-state index in [-0.39, 0.29) is 0 Å². The summed E-state index contributed by atoms with van der Waals surface area (Å²) in [5.74, 6) is 0. The zero-order valence-electron chi connectivity index (χ0n) is 23.2. The highest BCUT2D eigenvalue weighted by Gasteiger charge is 2.30. The van der Waals surface area contributed by atoms with Gasteiger partial charge in [-0.3, -0.25) is 0 Å². The smallest absolute Gasteiger partial charge is 0.137 e. The minimum atomic E-state index is 0.899. The Morgan fingerprint density at radius 3 is 2.15 bits per heavy atom. The van der Waals surface area contributed by atoms with Crippen molar-refractivity contribution >= 4 is 39.0 Å². The SMILES string of the molecule is Cc1cc2c(c(N(c3ccccc3-c3ccccc3)c3cccc4oc5ccccc5c34)c1C)Cc1ccccc1-2. The van der Waals surface area contributed by atoms with Crippen LogP contribution in [0.3, 0.4) is 0 Å². The van der Waals surface area contributed by atoms with E-state index in [0.717, 1.165) is 39.7 Å². The van der Waals surface area contributed by atoms with Crippen LogP contribution in [-0.4, -0.2) is 0 Å². The predicted octanol–water partition coefficient (Wildman–Crippen LogP) is 10.9. The molecule has 1 aromatic heterocycles. The lowest BCUT2D eigenvalue weighted by Gasteiger charge is -2.32. The molecule has 0 fully saturated rings. The van der Waals surface area contributed by atoms with Gasteiger partial charge in [-0.25, -0.2) is 0 Å². The van der Waals surface area contributed by atoms with E-state index in [9.17, 15) is 0 Å². The van der Waals surface area contributed by atoms with Crippen LogP contribution >= 0.6 is 0 Å². The second kappa shape index (κ2) is 9.25. The molecule has 41 heavy (non-hydrogen) atoms. The molecule has 0 N–H and O–H groups in total. The first-order valence-electron chi connectivity index (χ1n) is 14.3. The first-order valence-corrected chi connectivity index (χ1v) is 14.3. The van der Waals surface area contributed by atoms with E-state index in [0.29, 0.717) is 0 Å². The number of hydrogen-bond donors (Lipinski definition) is 0. The largest absolute Gasteiger partial charge is 0.456 e. The summed E-state index contributed by atoms with van der Waals surface area (Å²) in [5, 5.41) is 2.27. The molecule has 0 atom stereocenters. The normalized spacial score (nSPS) is 12.0. The Morgan fingerprint density at radius 1 is 0.585 bits per heavy atom. The fourth-order valence-corrected chi connectivity index (χ4v) is 6.65. The highest BCUT2D eigenvalue weighted by Crippen LogP contribution is 2.52. The highest BCUT2D eigenvalue weighted by atomic mass is 16.3. The molecular formula is C39H29NO. The van der Waals surface area contributed by atoms with Gasteiger partial charge < -0.3 is 9.32 Å². The monoisotopic (exact) mass is 527 g/mol. The minimum absolute atomic E-state index is 0.899. The molecule has 7 aromatic rings. The summed E-state index contributed by atoms with van der Waals surface area (Å²) < 4.78 is 6.40. The van der Waals surface area contributed by atoms with Crippen LogP contribution in [0.15, 0.2) is 132 Å². The van der Waals surface area contributed by atoms with Gasteiger partial charge in [0.25, 0.3) is 0 Å². The zero-order valence-corrected chi connectivity index (χ0v) is 23.2. The summed E-state index contributed by atoms with van der Waals surface area (Å²) in [6, 6.07) is 45.6. The molecule has 2 heteroatoms. The van der Waals surface area contributed by atoms with Gasteiger partial charge in [0.2, 0.25) is 0 Å². The third kappa shape index (κ3) is 3.64. The maximum Gasteiger partial charge on any atom is 0.137 e. The molecule has 196 valence electrons. The van der Waals surface area contributed by atoms with Crippen molar-refractivity contribution < 1.29 is 4.42 Å². The number of anilines is 3. The molecular weight excluding hydrogens is 498 g/mol. The molecule has 0 saturated heterocycles. The van der Waals surface area contributed by atoms with Crippen molar-refractivity contribution in [2.24, 2.45) is 0 Å². The van der Waals surface area contributed by atoms with Crippen molar-refractivity contribution in [1.29, 1.82) is 0 Å². The van der Waals surface area contributed by atoms with Gasteiger partial charge in [0, 0.05) is 17.4 Å². The van der Waals surface area contributed by atoms with Crippen LogP contribution in [0.5, 0.6) is 0 Å². The summed E-state index contributed by atoms with van der Waals surface area (Å²) in [4.78, 5) is 2.51. The van der Waals surface area contributed by atoms with E-state index in [2.05, 4.69) is 140 Å².